The fourth-order valence-electron chi connectivity index (χ4n) is 4.06. The minimum atomic E-state index is -5.01. The Balaban J connectivity index is 0.00000288. The number of aromatic nitrogens is 3. The predicted octanol–water partition coefficient (Wildman–Crippen LogP) is -0.665. The molecule has 226 valence electrons. The van der Waals surface area contributed by atoms with Gasteiger partial charge in [-0.2, -0.15) is 18.4 Å². The van der Waals surface area contributed by atoms with E-state index < -0.39 is 47.2 Å². The molecule has 5 rings (SSSR count). The number of para-hydroxylation sites is 1. The molecule has 0 amide bonds. The Bertz CT molecular complexity index is 2180. The molecule has 0 fully saturated rings. The van der Waals surface area contributed by atoms with Crippen molar-refractivity contribution in [2.24, 2.45) is 10.2 Å². The normalized spacial score (nSPS) is 11.6. The minimum Gasteiger partial charge on any atom is -0.870 e. The van der Waals surface area contributed by atoms with E-state index in [0.717, 1.165) is 18.2 Å². The van der Waals surface area contributed by atoms with Gasteiger partial charge < -0.3 is 20.3 Å². The Morgan fingerprint density at radius 3 is 2.20 bits per heavy atom. The zero-order chi connectivity index (χ0) is 31.6. The van der Waals surface area contributed by atoms with Crippen LogP contribution in [0.2, 0.25) is 10.3 Å². The van der Waals surface area contributed by atoms with Crippen LogP contribution in [0.1, 0.15) is 5.82 Å². The van der Waals surface area contributed by atoms with E-state index in [0.29, 0.717) is 10.7 Å². The van der Waals surface area contributed by atoms with Crippen LogP contribution in [0.3, 0.4) is 0 Å². The van der Waals surface area contributed by atoms with Crippen molar-refractivity contribution in [2.75, 3.05) is 10.6 Å². The van der Waals surface area contributed by atoms with Crippen molar-refractivity contribution < 1.29 is 90.2 Å². The predicted molar refractivity (Wildman–Crippen MR) is 159 cm³/mol. The molecule has 1 heterocycles. The summed E-state index contributed by atoms with van der Waals surface area (Å²) in [6, 6.07) is 17.1. The molecule has 0 radical (unpaired) electrons. The third-order valence-corrected chi connectivity index (χ3v) is 8.19. The van der Waals surface area contributed by atoms with Gasteiger partial charge in [0.25, 0.3) is 10.1 Å². The van der Waals surface area contributed by atoms with E-state index in [1.165, 1.54) is 30.3 Å². The molecule has 14 nitrogen and oxygen atoms in total. The Labute approximate surface area is 316 Å². The molecule has 0 unspecified atom stereocenters. The van der Waals surface area contributed by atoms with Crippen LogP contribution < -0.4 is 74.9 Å². The summed E-state index contributed by atoms with van der Waals surface area (Å²) in [5.41, 5.74) is -0.540. The average molecular weight is 720 g/mol. The summed E-state index contributed by atoms with van der Waals surface area (Å²) in [4.78, 5) is 10.8. The molecule has 4 aromatic carbocycles. The summed E-state index contributed by atoms with van der Waals surface area (Å²) in [7, 11) is -9.99. The zero-order valence-corrected chi connectivity index (χ0v) is 31.0. The molecule has 5 aromatic rings. The van der Waals surface area contributed by atoms with Gasteiger partial charge in [-0.05, 0) is 58.8 Å². The third kappa shape index (κ3) is 8.91. The summed E-state index contributed by atoms with van der Waals surface area (Å²) in [5.74, 6) is -0.716. The zero-order valence-electron chi connectivity index (χ0n) is 23.8. The Morgan fingerprint density at radius 2 is 1.50 bits per heavy atom. The van der Waals surface area contributed by atoms with Gasteiger partial charge in [0.2, 0.25) is 11.2 Å². The Kier molecular flexibility index (Phi) is 12.9. The fourth-order valence-corrected chi connectivity index (χ4v) is 5.69. The van der Waals surface area contributed by atoms with E-state index in [9.17, 15) is 31.0 Å². The molecular weight excluding hydrogens is 703 g/mol. The summed E-state index contributed by atoms with van der Waals surface area (Å²) >= 11 is 12.3. The van der Waals surface area contributed by atoms with Gasteiger partial charge in [0.1, 0.15) is 20.7 Å². The number of nitrogens with one attached hydrogen (secondary N) is 2. The van der Waals surface area contributed by atoms with Gasteiger partial charge in [-0.25, -0.2) is 13.4 Å². The molecule has 0 spiro atoms. The first-order valence-corrected chi connectivity index (χ1v) is 15.8. The van der Waals surface area contributed by atoms with E-state index in [2.05, 4.69) is 35.8 Å². The first-order valence-electron chi connectivity index (χ1n) is 12.2. The molecule has 20 heteroatoms. The minimum absolute atomic E-state index is 0. The average Bonchev–Trinajstić information content (AvgIpc) is 2.95. The van der Waals surface area contributed by atoms with Crippen LogP contribution in [0.4, 0.5) is 28.7 Å². The topological polar surface area (TPSA) is 222 Å². The summed E-state index contributed by atoms with van der Waals surface area (Å²) in [6.07, 6.45) is 0. The number of rotatable bonds is 9. The van der Waals surface area contributed by atoms with Crippen LogP contribution in [0, 0.1) is 0 Å². The Morgan fingerprint density at radius 1 is 0.826 bits per heavy atom. The van der Waals surface area contributed by atoms with Gasteiger partial charge in [-0.3, -0.25) is 4.55 Å². The van der Waals surface area contributed by atoms with Gasteiger partial charge in [0, 0.05) is 5.69 Å². The van der Waals surface area contributed by atoms with Crippen molar-refractivity contribution in [3.05, 3.63) is 88.9 Å². The van der Waals surface area contributed by atoms with E-state index in [4.69, 9.17) is 23.2 Å². The molecule has 0 aliphatic rings. The maximum atomic E-state index is 13.6. The van der Waals surface area contributed by atoms with E-state index in [-0.39, 0.29) is 99.2 Å². The number of nitrogens with zero attached hydrogens (tertiary/aromatic N) is 5. The number of benzene rings is 4. The van der Waals surface area contributed by atoms with Crippen molar-refractivity contribution >= 4 is 82.9 Å². The van der Waals surface area contributed by atoms with Crippen molar-refractivity contribution in [1.82, 2.24) is 15.0 Å². The van der Waals surface area contributed by atoms with Gasteiger partial charge in [-0.15, -0.1) is 10.2 Å². The molecule has 0 aliphatic carbocycles. The maximum absolute atomic E-state index is 13.6. The van der Waals surface area contributed by atoms with Crippen molar-refractivity contribution in [3.63, 3.8) is 0 Å². The fraction of sp³-hybridized carbons (Fsp3) is 0.0385. The number of hydrogen-bond acceptors (Lipinski definition) is 13. The number of hydrogen-bond donors (Lipinski definition) is 3. The molecule has 1 aromatic heterocycles. The second-order valence-electron chi connectivity index (χ2n) is 8.86. The second kappa shape index (κ2) is 15.6. The van der Waals surface area contributed by atoms with Crippen molar-refractivity contribution in [1.29, 1.82) is 0 Å². The van der Waals surface area contributed by atoms with Crippen LogP contribution in [0.25, 0.3) is 10.8 Å². The van der Waals surface area contributed by atoms with Gasteiger partial charge in [0.15, 0.2) is 5.82 Å². The molecule has 0 saturated carbocycles. The van der Waals surface area contributed by atoms with Crippen LogP contribution in [0.5, 0.6) is 5.75 Å². The van der Waals surface area contributed by atoms with Gasteiger partial charge in [0.05, 0.1) is 27.8 Å². The molecule has 0 aliphatic heterocycles. The monoisotopic (exact) mass is 719 g/mol. The third-order valence-electron chi connectivity index (χ3n) is 5.94. The first kappa shape index (κ1) is 38.0. The number of anilines is 3. The van der Waals surface area contributed by atoms with Gasteiger partial charge in [-0.1, -0.05) is 53.7 Å². The summed E-state index contributed by atoms with van der Waals surface area (Å²) < 4.78 is 69.1. The molecule has 46 heavy (non-hydrogen) atoms. The molecular formula is C26H17Cl2N7Na2O7S2. The number of fused-ring (bicyclic) bond motifs is 1. The first-order chi connectivity index (χ1) is 20.8. The van der Waals surface area contributed by atoms with Crippen molar-refractivity contribution in [2.45, 2.75) is 16.3 Å². The van der Waals surface area contributed by atoms with E-state index >= 15 is 0 Å². The Hall–Kier alpha value is -2.45. The number of halogens is 2. The summed E-state index contributed by atoms with van der Waals surface area (Å²) in [6.45, 7) is -0.0797. The summed E-state index contributed by atoms with van der Waals surface area (Å²) in [5, 5.41) is 27.3. The second-order valence-corrected chi connectivity index (χ2v) is 12.3. The molecule has 3 N–H and O–H groups in total. The molecule has 0 bridgehead atoms. The van der Waals surface area contributed by atoms with Crippen LogP contribution in [-0.2, 0) is 26.8 Å². The molecule has 0 saturated heterocycles. The molecule has 0 atom stereocenters. The standard InChI is InChI=1S/C26H19Cl2N7O7S2.2Na/c27-15-7-1-2-8-16(15)30-26-32-21(31-25(28)33-26)13-29-18-10-5-6-14-12-20(44(40,41)42)23(24(36)22(14)18)35-34-17-9-3-4-11-19(17)43(37,38)39;;/h1-12,29,36H,13H2,(H,37,38,39)(H,40,41,42)(H,30,31,32,33);;/q;2*+1/p-2. The van der Waals surface area contributed by atoms with Gasteiger partial charge >= 0.3 is 59.1 Å². The quantitative estimate of drug-likeness (QED) is 0.0981. The van der Waals surface area contributed by atoms with Crippen LogP contribution in [0.15, 0.2) is 92.8 Å². The maximum Gasteiger partial charge on any atom is 1.00 e. The smallest absolute Gasteiger partial charge is 0.870 e. The van der Waals surface area contributed by atoms with Crippen LogP contribution >= 0.6 is 23.2 Å². The largest absolute Gasteiger partial charge is 1.00 e. The van der Waals surface area contributed by atoms with Crippen LogP contribution in [-0.4, -0.2) is 40.9 Å². The SMILES string of the molecule is O=S(=O)([O-])c1ccccc1N=Nc1c(S(=O)(=O)O)cc2cccc(NCc3nc(Cl)nc(Nc4ccccc4Cl)n3)c2c1[O-].[Na+].[Na+]. The number of azo groups is 1. The van der Waals surface area contributed by atoms with E-state index in [1.807, 2.05) is 0 Å². The van der Waals surface area contributed by atoms with E-state index in [1.54, 1.807) is 24.3 Å². The van der Waals surface area contributed by atoms with Crippen molar-refractivity contribution in [3.8, 4) is 5.75 Å².